The molecule has 1 aliphatic carbocycles. The summed E-state index contributed by atoms with van der Waals surface area (Å²) >= 11 is 0.369. The molecule has 1 heterocycles. The highest BCUT2D eigenvalue weighted by Gasteiger charge is 2.29. The predicted octanol–water partition coefficient (Wildman–Crippen LogP) is 3.27. The fourth-order valence-electron chi connectivity index (χ4n) is 2.53. The predicted molar refractivity (Wildman–Crippen MR) is 81.9 cm³/mol. The summed E-state index contributed by atoms with van der Waals surface area (Å²) in [5.41, 5.74) is 1.31. The molecule has 118 valence electrons. The van der Waals surface area contributed by atoms with Crippen LogP contribution in [-0.2, 0) is 11.3 Å². The van der Waals surface area contributed by atoms with Gasteiger partial charge in [0.05, 0.1) is 11.0 Å². The highest BCUT2D eigenvalue weighted by Crippen LogP contribution is 2.32. The number of thioether (sulfide) groups is 1. The van der Waals surface area contributed by atoms with Crippen LogP contribution in [0.5, 0.6) is 0 Å². The number of nitrogens with zero attached hydrogens (tertiary/aromatic N) is 2. The average molecular weight is 325 g/mol. The summed E-state index contributed by atoms with van der Waals surface area (Å²) in [6.07, 6.45) is 2.28. The summed E-state index contributed by atoms with van der Waals surface area (Å²) in [6, 6.07) is 7.28. The number of hydrogen-bond acceptors (Lipinski definition) is 3. The van der Waals surface area contributed by atoms with E-state index in [-0.39, 0.29) is 23.7 Å². The van der Waals surface area contributed by atoms with E-state index in [1.165, 1.54) is 0 Å². The van der Waals surface area contributed by atoms with E-state index < -0.39 is 5.76 Å². The van der Waals surface area contributed by atoms with Crippen LogP contribution in [0.15, 0.2) is 29.4 Å². The van der Waals surface area contributed by atoms with E-state index in [4.69, 9.17) is 0 Å². The normalized spacial score (nSPS) is 16.2. The van der Waals surface area contributed by atoms with E-state index in [0.717, 1.165) is 12.8 Å². The molecule has 0 bridgehead atoms. The first kappa shape index (κ1) is 15.3. The Morgan fingerprint density at radius 1 is 1.45 bits per heavy atom. The van der Waals surface area contributed by atoms with E-state index in [1.54, 1.807) is 22.8 Å². The first-order chi connectivity index (χ1) is 10.5. The molecule has 0 spiro atoms. The molecule has 1 unspecified atom stereocenters. The van der Waals surface area contributed by atoms with E-state index in [2.05, 4.69) is 10.3 Å². The number of amides is 1. The monoisotopic (exact) mass is 325 g/mol. The standard InChI is InChI=1S/C15H17F2N3OS/c1-9(10-6-7-10)18-13(21)8-20-12-5-3-2-4-11(12)19-15(20)22-14(16)17/h2-5,9-10,14H,6-8H2,1H3,(H,18,21). The smallest absolute Gasteiger partial charge is 0.291 e. The van der Waals surface area contributed by atoms with Crippen molar-refractivity contribution in [1.82, 2.24) is 14.9 Å². The van der Waals surface area contributed by atoms with Crippen molar-refractivity contribution >= 4 is 28.7 Å². The van der Waals surface area contributed by atoms with Crippen molar-refractivity contribution in [3.8, 4) is 0 Å². The second kappa shape index (κ2) is 6.24. The quantitative estimate of drug-likeness (QED) is 0.829. The van der Waals surface area contributed by atoms with E-state index >= 15 is 0 Å². The van der Waals surface area contributed by atoms with Gasteiger partial charge in [0.15, 0.2) is 5.16 Å². The summed E-state index contributed by atoms with van der Waals surface area (Å²) < 4.78 is 27.0. The van der Waals surface area contributed by atoms with Gasteiger partial charge in [0, 0.05) is 6.04 Å². The maximum Gasteiger partial charge on any atom is 0.291 e. The Balaban J connectivity index is 1.82. The highest BCUT2D eigenvalue weighted by atomic mass is 32.2. The zero-order chi connectivity index (χ0) is 15.7. The van der Waals surface area contributed by atoms with Crippen molar-refractivity contribution in [2.24, 2.45) is 5.92 Å². The third-order valence-corrected chi connectivity index (χ3v) is 4.53. The van der Waals surface area contributed by atoms with Crippen LogP contribution in [0.4, 0.5) is 8.78 Å². The molecular formula is C15H17F2N3OS. The topological polar surface area (TPSA) is 46.9 Å². The number of halogens is 2. The minimum atomic E-state index is -2.57. The number of rotatable bonds is 6. The van der Waals surface area contributed by atoms with E-state index in [0.29, 0.717) is 28.7 Å². The van der Waals surface area contributed by atoms with E-state index in [1.807, 2.05) is 13.0 Å². The molecule has 4 nitrogen and oxygen atoms in total. The van der Waals surface area contributed by atoms with Crippen LogP contribution < -0.4 is 5.32 Å². The molecule has 1 aromatic carbocycles. The number of alkyl halides is 2. The number of benzene rings is 1. The van der Waals surface area contributed by atoms with Crippen LogP contribution >= 0.6 is 11.8 Å². The lowest BCUT2D eigenvalue weighted by molar-refractivity contribution is -0.122. The molecule has 1 atom stereocenters. The van der Waals surface area contributed by atoms with E-state index in [9.17, 15) is 13.6 Å². The lowest BCUT2D eigenvalue weighted by Crippen LogP contribution is -2.36. The first-order valence-corrected chi connectivity index (χ1v) is 8.12. The molecule has 7 heteroatoms. The van der Waals surface area contributed by atoms with Crippen molar-refractivity contribution < 1.29 is 13.6 Å². The number of hydrogen-bond donors (Lipinski definition) is 1. The SMILES string of the molecule is CC(NC(=O)Cn1c(SC(F)F)nc2ccccc21)C1CC1. The lowest BCUT2D eigenvalue weighted by Gasteiger charge is -2.14. The van der Waals surface area contributed by atoms with Crippen molar-refractivity contribution in [2.45, 2.75) is 43.3 Å². The number of aromatic nitrogens is 2. The van der Waals surface area contributed by atoms with Gasteiger partial charge < -0.3 is 9.88 Å². The summed E-state index contributed by atoms with van der Waals surface area (Å²) in [5.74, 6) is -2.18. The van der Waals surface area contributed by atoms with Crippen LogP contribution in [0.3, 0.4) is 0 Å². The maximum absolute atomic E-state index is 12.7. The Labute approximate surface area is 131 Å². The fraction of sp³-hybridized carbons (Fsp3) is 0.467. The molecule has 22 heavy (non-hydrogen) atoms. The summed E-state index contributed by atoms with van der Waals surface area (Å²) in [5, 5.41) is 3.11. The third-order valence-electron chi connectivity index (χ3n) is 3.83. The summed E-state index contributed by atoms with van der Waals surface area (Å²) in [6.45, 7) is 1.99. The number of carbonyl (C=O) groups is 1. The Hall–Kier alpha value is -1.63. The van der Waals surface area contributed by atoms with Gasteiger partial charge in [-0.3, -0.25) is 4.79 Å². The molecule has 1 amide bonds. The largest absolute Gasteiger partial charge is 0.352 e. The van der Waals surface area contributed by atoms with Gasteiger partial charge in [0.2, 0.25) is 5.91 Å². The maximum atomic E-state index is 12.7. The molecule has 0 saturated heterocycles. The average Bonchev–Trinajstić information content (AvgIpc) is 3.25. The second-order valence-corrected chi connectivity index (χ2v) is 6.50. The number of fused-ring (bicyclic) bond motifs is 1. The Morgan fingerprint density at radius 2 is 2.18 bits per heavy atom. The van der Waals surface area contributed by atoms with Gasteiger partial charge in [-0.05, 0) is 49.6 Å². The molecule has 3 rings (SSSR count). The number of nitrogens with one attached hydrogen (secondary N) is 1. The van der Waals surface area contributed by atoms with Crippen molar-refractivity contribution in [1.29, 1.82) is 0 Å². The van der Waals surface area contributed by atoms with Gasteiger partial charge in [0.1, 0.15) is 6.54 Å². The Morgan fingerprint density at radius 3 is 2.86 bits per heavy atom. The van der Waals surface area contributed by atoms with Gasteiger partial charge in [-0.1, -0.05) is 12.1 Å². The van der Waals surface area contributed by atoms with Crippen molar-refractivity contribution in [2.75, 3.05) is 0 Å². The fourth-order valence-corrected chi connectivity index (χ4v) is 3.13. The molecule has 0 radical (unpaired) electrons. The first-order valence-electron chi connectivity index (χ1n) is 7.24. The minimum absolute atomic E-state index is 0.00657. The lowest BCUT2D eigenvalue weighted by atomic mass is 10.2. The Kier molecular flexibility index (Phi) is 4.33. The van der Waals surface area contributed by atoms with Gasteiger partial charge in [-0.2, -0.15) is 8.78 Å². The van der Waals surface area contributed by atoms with Gasteiger partial charge >= 0.3 is 0 Å². The zero-order valence-electron chi connectivity index (χ0n) is 12.1. The van der Waals surface area contributed by atoms with Crippen molar-refractivity contribution in [3.05, 3.63) is 24.3 Å². The third kappa shape index (κ3) is 3.40. The highest BCUT2D eigenvalue weighted by molar-refractivity contribution is 7.99. The molecule has 1 N–H and O–H groups in total. The van der Waals surface area contributed by atoms with Crippen LogP contribution in [-0.4, -0.2) is 27.3 Å². The molecule has 1 saturated carbocycles. The number of para-hydroxylation sites is 2. The molecule has 1 fully saturated rings. The van der Waals surface area contributed by atoms with Gasteiger partial charge in [-0.25, -0.2) is 4.98 Å². The summed E-state index contributed by atoms with van der Waals surface area (Å²) in [4.78, 5) is 16.4. The molecule has 2 aromatic rings. The van der Waals surface area contributed by atoms with Crippen LogP contribution in [0, 0.1) is 5.92 Å². The van der Waals surface area contributed by atoms with Crippen LogP contribution in [0.1, 0.15) is 19.8 Å². The minimum Gasteiger partial charge on any atom is -0.352 e. The van der Waals surface area contributed by atoms with Gasteiger partial charge in [0.25, 0.3) is 5.76 Å². The second-order valence-electron chi connectivity index (χ2n) is 5.54. The van der Waals surface area contributed by atoms with Crippen LogP contribution in [0.2, 0.25) is 0 Å². The zero-order valence-corrected chi connectivity index (χ0v) is 12.9. The number of imidazole rings is 1. The molecular weight excluding hydrogens is 308 g/mol. The molecule has 1 aliphatic rings. The summed E-state index contributed by atoms with van der Waals surface area (Å²) in [7, 11) is 0. The molecule has 0 aliphatic heterocycles. The van der Waals surface area contributed by atoms with Crippen LogP contribution in [0.25, 0.3) is 11.0 Å². The Bertz CT molecular complexity index is 684. The van der Waals surface area contributed by atoms with Gasteiger partial charge in [-0.15, -0.1) is 0 Å². The number of carbonyl (C=O) groups excluding carboxylic acids is 1. The van der Waals surface area contributed by atoms with Crippen molar-refractivity contribution in [3.63, 3.8) is 0 Å². The molecule has 1 aromatic heterocycles.